The number of nitrogens with two attached hydrogens (primary N) is 1. The van der Waals surface area contributed by atoms with Crippen LogP contribution in [0.15, 0.2) is 0 Å². The molecular formula is C15H32N2. The number of nitrogens with zero attached hydrogens (tertiary/aromatic N) is 1. The van der Waals surface area contributed by atoms with Crippen molar-refractivity contribution < 1.29 is 0 Å². The number of hydrogen-bond acceptors (Lipinski definition) is 2. The van der Waals surface area contributed by atoms with Crippen LogP contribution in [0.25, 0.3) is 0 Å². The van der Waals surface area contributed by atoms with E-state index in [4.69, 9.17) is 5.73 Å². The van der Waals surface area contributed by atoms with Crippen LogP contribution in [0.2, 0.25) is 0 Å². The number of likely N-dealkylation sites (tertiary alicyclic amines) is 1. The Hall–Kier alpha value is -0.0800. The van der Waals surface area contributed by atoms with Crippen molar-refractivity contribution in [3.05, 3.63) is 0 Å². The fourth-order valence-corrected chi connectivity index (χ4v) is 3.15. The summed E-state index contributed by atoms with van der Waals surface area (Å²) in [5.41, 5.74) is 6.84. The normalized spacial score (nSPS) is 23.6. The zero-order valence-electron chi connectivity index (χ0n) is 12.6. The summed E-state index contributed by atoms with van der Waals surface area (Å²) in [4.78, 5) is 2.63. The first-order valence-corrected chi connectivity index (χ1v) is 7.14. The first kappa shape index (κ1) is 15.0. The lowest BCUT2D eigenvalue weighted by Crippen LogP contribution is -2.44. The molecule has 17 heavy (non-hydrogen) atoms. The van der Waals surface area contributed by atoms with E-state index in [0.717, 1.165) is 6.54 Å². The zero-order valence-corrected chi connectivity index (χ0v) is 12.6. The molecule has 1 atom stereocenters. The van der Waals surface area contributed by atoms with Crippen LogP contribution in [0.1, 0.15) is 53.9 Å². The molecule has 1 saturated heterocycles. The van der Waals surface area contributed by atoms with Crippen LogP contribution in [0, 0.1) is 16.7 Å². The topological polar surface area (TPSA) is 29.3 Å². The Morgan fingerprint density at radius 1 is 1.29 bits per heavy atom. The van der Waals surface area contributed by atoms with Gasteiger partial charge in [0.25, 0.3) is 0 Å². The molecular weight excluding hydrogens is 208 g/mol. The second-order valence-corrected chi connectivity index (χ2v) is 7.87. The Kier molecular flexibility index (Phi) is 5.03. The van der Waals surface area contributed by atoms with E-state index in [2.05, 4.69) is 39.5 Å². The van der Waals surface area contributed by atoms with E-state index in [1.807, 2.05) is 0 Å². The van der Waals surface area contributed by atoms with Gasteiger partial charge in [-0.25, -0.2) is 0 Å². The number of piperidine rings is 1. The maximum Gasteiger partial charge on any atom is 0.00328 e. The van der Waals surface area contributed by atoms with Crippen molar-refractivity contribution >= 4 is 0 Å². The van der Waals surface area contributed by atoms with Gasteiger partial charge in [-0.2, -0.15) is 0 Å². The summed E-state index contributed by atoms with van der Waals surface area (Å²) in [6.07, 6.45) is 3.95. The SMILES string of the molecule is CC(C)(C)CC(CN)CN1CCCC(C)(C)C1. The van der Waals surface area contributed by atoms with Crippen molar-refractivity contribution in [1.29, 1.82) is 0 Å². The number of rotatable bonds is 4. The van der Waals surface area contributed by atoms with E-state index >= 15 is 0 Å². The minimum absolute atomic E-state index is 0.398. The van der Waals surface area contributed by atoms with Crippen LogP contribution in [0.4, 0.5) is 0 Å². The summed E-state index contributed by atoms with van der Waals surface area (Å²) >= 11 is 0. The Labute approximate surface area is 108 Å². The van der Waals surface area contributed by atoms with Gasteiger partial charge < -0.3 is 10.6 Å². The third-order valence-corrected chi connectivity index (χ3v) is 3.73. The lowest BCUT2D eigenvalue weighted by Gasteiger charge is -2.40. The van der Waals surface area contributed by atoms with Gasteiger partial charge in [-0.05, 0) is 49.1 Å². The molecule has 0 aromatic rings. The Bertz CT molecular complexity index is 226. The highest BCUT2D eigenvalue weighted by Gasteiger charge is 2.28. The quantitative estimate of drug-likeness (QED) is 0.818. The summed E-state index contributed by atoms with van der Waals surface area (Å²) in [5, 5.41) is 0. The van der Waals surface area contributed by atoms with Crippen LogP contribution in [-0.2, 0) is 0 Å². The zero-order chi connectivity index (χ0) is 13.1. The summed E-state index contributed by atoms with van der Waals surface area (Å²) < 4.78 is 0. The van der Waals surface area contributed by atoms with Gasteiger partial charge in [0, 0.05) is 13.1 Å². The third-order valence-electron chi connectivity index (χ3n) is 3.73. The maximum atomic E-state index is 5.94. The molecule has 1 rings (SSSR count). The number of hydrogen-bond donors (Lipinski definition) is 1. The second-order valence-electron chi connectivity index (χ2n) is 7.87. The summed E-state index contributed by atoms with van der Waals surface area (Å²) in [6.45, 7) is 16.3. The van der Waals surface area contributed by atoms with E-state index in [1.54, 1.807) is 0 Å². The fourth-order valence-electron chi connectivity index (χ4n) is 3.15. The van der Waals surface area contributed by atoms with E-state index in [-0.39, 0.29) is 0 Å². The Morgan fingerprint density at radius 2 is 1.94 bits per heavy atom. The third kappa shape index (κ3) is 5.87. The standard InChI is InChI=1S/C15H32N2/c1-14(2,3)9-13(10-16)11-17-8-6-7-15(4,5)12-17/h13H,6-12,16H2,1-5H3. The molecule has 0 aromatic heterocycles. The molecule has 0 spiro atoms. The molecule has 1 heterocycles. The van der Waals surface area contributed by atoms with Crippen LogP contribution in [-0.4, -0.2) is 31.1 Å². The molecule has 0 aliphatic carbocycles. The Balaban J connectivity index is 2.45. The van der Waals surface area contributed by atoms with E-state index in [0.29, 0.717) is 16.7 Å². The summed E-state index contributed by atoms with van der Waals surface area (Å²) in [5.74, 6) is 0.656. The van der Waals surface area contributed by atoms with Gasteiger partial charge in [0.05, 0.1) is 0 Å². The second kappa shape index (κ2) is 5.71. The van der Waals surface area contributed by atoms with Gasteiger partial charge in [-0.3, -0.25) is 0 Å². The van der Waals surface area contributed by atoms with Gasteiger partial charge in [0.2, 0.25) is 0 Å². The summed E-state index contributed by atoms with van der Waals surface area (Å²) in [7, 11) is 0. The molecule has 1 aliphatic rings. The molecule has 2 N–H and O–H groups in total. The molecule has 0 amide bonds. The predicted molar refractivity (Wildman–Crippen MR) is 76.1 cm³/mol. The first-order valence-electron chi connectivity index (χ1n) is 7.14. The van der Waals surface area contributed by atoms with E-state index in [1.165, 1.54) is 38.9 Å². The minimum atomic E-state index is 0.398. The van der Waals surface area contributed by atoms with Crippen molar-refractivity contribution in [1.82, 2.24) is 4.90 Å². The Morgan fingerprint density at radius 3 is 2.41 bits per heavy atom. The van der Waals surface area contributed by atoms with E-state index in [9.17, 15) is 0 Å². The largest absolute Gasteiger partial charge is 0.330 e. The smallest absolute Gasteiger partial charge is 0.00328 e. The van der Waals surface area contributed by atoms with Gasteiger partial charge in [-0.1, -0.05) is 34.6 Å². The summed E-state index contributed by atoms with van der Waals surface area (Å²) in [6, 6.07) is 0. The van der Waals surface area contributed by atoms with Crippen molar-refractivity contribution in [2.24, 2.45) is 22.5 Å². The van der Waals surface area contributed by atoms with Crippen molar-refractivity contribution in [3.63, 3.8) is 0 Å². The van der Waals surface area contributed by atoms with Crippen LogP contribution in [0.3, 0.4) is 0 Å². The first-order chi connectivity index (χ1) is 7.72. The average Bonchev–Trinajstić information content (AvgIpc) is 2.13. The van der Waals surface area contributed by atoms with Crippen LogP contribution in [0.5, 0.6) is 0 Å². The lowest BCUT2D eigenvalue weighted by molar-refractivity contribution is 0.0941. The molecule has 1 aliphatic heterocycles. The molecule has 0 saturated carbocycles. The van der Waals surface area contributed by atoms with Crippen molar-refractivity contribution in [3.8, 4) is 0 Å². The van der Waals surface area contributed by atoms with Gasteiger partial charge in [-0.15, -0.1) is 0 Å². The maximum absolute atomic E-state index is 5.94. The van der Waals surface area contributed by atoms with E-state index < -0.39 is 0 Å². The molecule has 0 radical (unpaired) electrons. The minimum Gasteiger partial charge on any atom is -0.330 e. The molecule has 1 unspecified atom stereocenters. The van der Waals surface area contributed by atoms with Gasteiger partial charge in [0.15, 0.2) is 0 Å². The lowest BCUT2D eigenvalue weighted by atomic mass is 9.82. The molecule has 0 bridgehead atoms. The molecule has 0 aromatic carbocycles. The highest BCUT2D eigenvalue weighted by atomic mass is 15.1. The van der Waals surface area contributed by atoms with Crippen LogP contribution >= 0.6 is 0 Å². The average molecular weight is 240 g/mol. The molecule has 102 valence electrons. The monoisotopic (exact) mass is 240 g/mol. The van der Waals surface area contributed by atoms with Crippen LogP contribution < -0.4 is 5.73 Å². The molecule has 2 heteroatoms. The van der Waals surface area contributed by atoms with Gasteiger partial charge in [0.1, 0.15) is 0 Å². The highest BCUT2D eigenvalue weighted by molar-refractivity contribution is 4.82. The predicted octanol–water partition coefficient (Wildman–Crippen LogP) is 3.12. The fraction of sp³-hybridized carbons (Fsp3) is 1.00. The molecule has 1 fully saturated rings. The van der Waals surface area contributed by atoms with Gasteiger partial charge >= 0.3 is 0 Å². The highest BCUT2D eigenvalue weighted by Crippen LogP contribution is 2.30. The van der Waals surface area contributed by atoms with Crippen molar-refractivity contribution in [2.75, 3.05) is 26.2 Å². The molecule has 2 nitrogen and oxygen atoms in total. The van der Waals surface area contributed by atoms with Crippen molar-refractivity contribution in [2.45, 2.75) is 53.9 Å².